The lowest BCUT2D eigenvalue weighted by atomic mass is 10.1. The summed E-state index contributed by atoms with van der Waals surface area (Å²) in [5, 5.41) is 4.20. The Labute approximate surface area is 176 Å². The molecule has 1 N–H and O–H groups in total. The average molecular weight is 423 g/mol. The van der Waals surface area contributed by atoms with Gasteiger partial charge < -0.3 is 4.74 Å². The van der Waals surface area contributed by atoms with Gasteiger partial charge in [0.05, 0.1) is 24.2 Å². The minimum atomic E-state index is -0.211. The molecular weight excluding hydrogens is 404 g/mol. The molecule has 0 unspecified atom stereocenters. The van der Waals surface area contributed by atoms with Gasteiger partial charge in [0.15, 0.2) is 5.13 Å². The molecule has 0 fully saturated rings. The van der Waals surface area contributed by atoms with E-state index in [4.69, 9.17) is 4.74 Å². The zero-order chi connectivity index (χ0) is 20.4. The van der Waals surface area contributed by atoms with Crippen LogP contribution < -0.4 is 10.1 Å². The van der Waals surface area contributed by atoms with E-state index in [1.54, 1.807) is 13.3 Å². The van der Waals surface area contributed by atoms with Crippen molar-refractivity contribution in [3.05, 3.63) is 64.1 Å². The standard InChI is InChI=1S/C21H18N4O2S2/c1-12-18(29-20(23-12)16-6-4-5-11-22-16)19(26)25-21-24-17(13(2)28-21)14-7-9-15(27-3)10-8-14/h4-11H,1-3H3,(H,24,25,26). The maximum Gasteiger partial charge on any atom is 0.269 e. The smallest absolute Gasteiger partial charge is 0.269 e. The number of methoxy groups -OCH3 is 1. The fourth-order valence-corrected chi connectivity index (χ4v) is 4.60. The Morgan fingerprint density at radius 1 is 1.03 bits per heavy atom. The zero-order valence-corrected chi connectivity index (χ0v) is 17.7. The van der Waals surface area contributed by atoms with E-state index in [9.17, 15) is 4.79 Å². The maximum absolute atomic E-state index is 12.8. The predicted molar refractivity (Wildman–Crippen MR) is 117 cm³/mol. The van der Waals surface area contributed by atoms with Gasteiger partial charge in [0, 0.05) is 16.6 Å². The van der Waals surface area contributed by atoms with Crippen molar-refractivity contribution in [3.8, 4) is 27.7 Å². The Hall–Kier alpha value is -3.10. The normalized spacial score (nSPS) is 10.7. The predicted octanol–water partition coefficient (Wildman–Crippen LogP) is 5.21. The molecule has 1 amide bonds. The number of carbonyl (C=O) groups is 1. The van der Waals surface area contributed by atoms with Gasteiger partial charge in [-0.05, 0) is 50.2 Å². The Kier molecular flexibility index (Phi) is 5.37. The third kappa shape index (κ3) is 4.03. The molecular formula is C21H18N4O2S2. The van der Waals surface area contributed by atoms with Gasteiger partial charge >= 0.3 is 0 Å². The largest absolute Gasteiger partial charge is 0.497 e. The van der Waals surface area contributed by atoms with E-state index in [2.05, 4.69) is 20.3 Å². The monoisotopic (exact) mass is 422 g/mol. The van der Waals surface area contributed by atoms with Crippen LogP contribution in [0.2, 0.25) is 0 Å². The molecule has 0 saturated carbocycles. The molecule has 0 aliphatic carbocycles. The molecule has 8 heteroatoms. The molecule has 0 aliphatic rings. The molecule has 6 nitrogen and oxygen atoms in total. The van der Waals surface area contributed by atoms with Gasteiger partial charge in [-0.3, -0.25) is 15.1 Å². The third-order valence-electron chi connectivity index (χ3n) is 4.27. The molecule has 0 aliphatic heterocycles. The molecule has 29 heavy (non-hydrogen) atoms. The van der Waals surface area contributed by atoms with Crippen LogP contribution in [0.4, 0.5) is 5.13 Å². The van der Waals surface area contributed by atoms with E-state index in [-0.39, 0.29) is 5.91 Å². The summed E-state index contributed by atoms with van der Waals surface area (Å²) in [4.78, 5) is 27.8. The van der Waals surface area contributed by atoms with Crippen LogP contribution in [0.15, 0.2) is 48.7 Å². The van der Waals surface area contributed by atoms with E-state index < -0.39 is 0 Å². The number of thiazole rings is 2. The number of ether oxygens (including phenoxy) is 1. The second-order valence-electron chi connectivity index (χ2n) is 6.25. The fraction of sp³-hybridized carbons (Fsp3) is 0.143. The lowest BCUT2D eigenvalue weighted by molar-refractivity contribution is 0.103. The number of aromatic nitrogens is 3. The minimum absolute atomic E-state index is 0.211. The summed E-state index contributed by atoms with van der Waals surface area (Å²) in [6.07, 6.45) is 1.71. The van der Waals surface area contributed by atoms with Gasteiger partial charge in [-0.25, -0.2) is 9.97 Å². The average Bonchev–Trinajstić information content (AvgIpc) is 3.31. The highest BCUT2D eigenvalue weighted by Gasteiger charge is 2.19. The van der Waals surface area contributed by atoms with Crippen LogP contribution in [0.5, 0.6) is 5.75 Å². The third-order valence-corrected chi connectivity index (χ3v) is 6.33. The van der Waals surface area contributed by atoms with E-state index in [0.29, 0.717) is 15.7 Å². The summed E-state index contributed by atoms with van der Waals surface area (Å²) in [5.41, 5.74) is 3.26. The van der Waals surface area contributed by atoms with Crippen molar-refractivity contribution in [2.45, 2.75) is 13.8 Å². The summed E-state index contributed by atoms with van der Waals surface area (Å²) < 4.78 is 5.20. The molecule has 0 saturated heterocycles. The van der Waals surface area contributed by atoms with Crippen molar-refractivity contribution in [1.82, 2.24) is 15.0 Å². The SMILES string of the molecule is COc1ccc(-c2nc(NC(=O)c3sc(-c4ccccn4)nc3C)sc2C)cc1. The summed E-state index contributed by atoms with van der Waals surface area (Å²) in [7, 11) is 1.64. The van der Waals surface area contributed by atoms with Gasteiger partial charge in [-0.2, -0.15) is 0 Å². The molecule has 3 heterocycles. The molecule has 0 spiro atoms. The number of benzene rings is 1. The van der Waals surface area contributed by atoms with Crippen molar-refractivity contribution in [2.24, 2.45) is 0 Å². The van der Waals surface area contributed by atoms with Crippen LogP contribution in [-0.2, 0) is 0 Å². The quantitative estimate of drug-likeness (QED) is 0.478. The van der Waals surface area contributed by atoms with Crippen molar-refractivity contribution in [1.29, 1.82) is 0 Å². The number of aryl methyl sites for hydroxylation is 2. The van der Waals surface area contributed by atoms with Crippen LogP contribution in [0.1, 0.15) is 20.2 Å². The number of hydrogen-bond acceptors (Lipinski definition) is 7. The van der Waals surface area contributed by atoms with Crippen molar-refractivity contribution < 1.29 is 9.53 Å². The highest BCUT2D eigenvalue weighted by atomic mass is 32.1. The highest BCUT2D eigenvalue weighted by Crippen LogP contribution is 2.32. The fourth-order valence-electron chi connectivity index (χ4n) is 2.83. The molecule has 3 aromatic heterocycles. The second kappa shape index (κ2) is 8.10. The summed E-state index contributed by atoms with van der Waals surface area (Å²) in [6, 6.07) is 13.3. The molecule has 0 radical (unpaired) electrons. The molecule has 4 rings (SSSR count). The molecule has 146 valence electrons. The number of amides is 1. The van der Waals surface area contributed by atoms with Crippen molar-refractivity contribution in [2.75, 3.05) is 12.4 Å². The van der Waals surface area contributed by atoms with E-state index in [1.165, 1.54) is 22.7 Å². The molecule has 4 aromatic rings. The van der Waals surface area contributed by atoms with Gasteiger partial charge in [-0.15, -0.1) is 22.7 Å². The van der Waals surface area contributed by atoms with Gasteiger partial charge in [0.25, 0.3) is 5.91 Å². The number of hydrogen-bond donors (Lipinski definition) is 1. The van der Waals surface area contributed by atoms with Crippen molar-refractivity contribution >= 4 is 33.7 Å². The van der Waals surface area contributed by atoms with Crippen LogP contribution in [0, 0.1) is 13.8 Å². The number of pyridine rings is 1. The van der Waals surface area contributed by atoms with E-state index in [0.717, 1.165) is 32.6 Å². The molecule has 0 bridgehead atoms. The molecule has 0 atom stereocenters. The first-order chi connectivity index (χ1) is 14.0. The van der Waals surface area contributed by atoms with Crippen molar-refractivity contribution in [3.63, 3.8) is 0 Å². The highest BCUT2D eigenvalue weighted by molar-refractivity contribution is 7.18. The Bertz CT molecular complexity index is 1150. The number of rotatable bonds is 5. The van der Waals surface area contributed by atoms with Crippen LogP contribution in [-0.4, -0.2) is 28.0 Å². The lowest BCUT2D eigenvalue weighted by Gasteiger charge is -2.02. The molecule has 1 aromatic carbocycles. The van der Waals surface area contributed by atoms with E-state index >= 15 is 0 Å². The number of nitrogens with one attached hydrogen (secondary N) is 1. The maximum atomic E-state index is 12.8. The van der Waals surface area contributed by atoms with Gasteiger partial charge in [-0.1, -0.05) is 6.07 Å². The summed E-state index contributed by atoms with van der Waals surface area (Å²) in [6.45, 7) is 3.82. The van der Waals surface area contributed by atoms with Crippen LogP contribution in [0.3, 0.4) is 0 Å². The van der Waals surface area contributed by atoms with Crippen LogP contribution in [0.25, 0.3) is 22.0 Å². The first-order valence-corrected chi connectivity index (χ1v) is 10.5. The van der Waals surface area contributed by atoms with Crippen LogP contribution >= 0.6 is 22.7 Å². The van der Waals surface area contributed by atoms with Gasteiger partial charge in [0.2, 0.25) is 0 Å². The van der Waals surface area contributed by atoms with Gasteiger partial charge in [0.1, 0.15) is 15.6 Å². The Balaban J connectivity index is 1.55. The Morgan fingerprint density at radius 3 is 2.52 bits per heavy atom. The first-order valence-electron chi connectivity index (χ1n) is 8.87. The number of carbonyl (C=O) groups excluding carboxylic acids is 1. The zero-order valence-electron chi connectivity index (χ0n) is 16.1. The first kappa shape index (κ1) is 19.2. The lowest BCUT2D eigenvalue weighted by Crippen LogP contribution is -2.11. The second-order valence-corrected chi connectivity index (χ2v) is 8.46. The number of nitrogens with zero attached hydrogens (tertiary/aromatic N) is 3. The summed E-state index contributed by atoms with van der Waals surface area (Å²) in [5.74, 6) is 0.580. The summed E-state index contributed by atoms with van der Waals surface area (Å²) >= 11 is 2.78. The minimum Gasteiger partial charge on any atom is -0.497 e. The topological polar surface area (TPSA) is 77.0 Å². The Morgan fingerprint density at radius 2 is 1.83 bits per heavy atom. The van der Waals surface area contributed by atoms with E-state index in [1.807, 2.05) is 56.3 Å². The number of anilines is 1.